The first-order valence-electron chi connectivity index (χ1n) is 10.3. The van der Waals surface area contributed by atoms with E-state index < -0.39 is 0 Å². The third kappa shape index (κ3) is 5.47. The summed E-state index contributed by atoms with van der Waals surface area (Å²) in [6.07, 6.45) is 3.99. The standard InChI is InChI=1S/C21H28N4O4S/c1-29-21(28)24-13-10-15(11-14-24)22-18(26)9-3-2-6-12-25-19(27)16-7-4-5-8-17(16)23-20(25)30/h4-5,7-8,15H,2-3,6,9-14H2,1H3,(H,22,26)(H,23,30). The average molecular weight is 433 g/mol. The van der Waals surface area contributed by atoms with Crippen LogP contribution >= 0.6 is 12.2 Å². The summed E-state index contributed by atoms with van der Waals surface area (Å²) in [7, 11) is 1.38. The molecule has 2 heterocycles. The van der Waals surface area contributed by atoms with Gasteiger partial charge in [-0.3, -0.25) is 14.2 Å². The molecule has 3 rings (SSSR count). The minimum atomic E-state index is -0.315. The largest absolute Gasteiger partial charge is 0.453 e. The van der Waals surface area contributed by atoms with Crippen LogP contribution in [0.4, 0.5) is 4.79 Å². The normalized spacial score (nSPS) is 14.6. The minimum absolute atomic E-state index is 0.0340. The van der Waals surface area contributed by atoms with Crippen molar-refractivity contribution in [3.8, 4) is 0 Å². The molecule has 0 radical (unpaired) electrons. The third-order valence-corrected chi connectivity index (χ3v) is 5.79. The van der Waals surface area contributed by atoms with Crippen molar-refractivity contribution < 1.29 is 14.3 Å². The van der Waals surface area contributed by atoms with Gasteiger partial charge in [0.1, 0.15) is 0 Å². The van der Waals surface area contributed by atoms with Crippen LogP contribution < -0.4 is 10.9 Å². The van der Waals surface area contributed by atoms with Gasteiger partial charge in [-0.25, -0.2) is 4.79 Å². The zero-order chi connectivity index (χ0) is 21.5. The number of methoxy groups -OCH3 is 1. The van der Waals surface area contributed by atoms with Crippen LogP contribution in [0.1, 0.15) is 38.5 Å². The first-order valence-corrected chi connectivity index (χ1v) is 10.7. The van der Waals surface area contributed by atoms with Crippen molar-refractivity contribution in [1.29, 1.82) is 0 Å². The lowest BCUT2D eigenvalue weighted by atomic mass is 10.0. The smallest absolute Gasteiger partial charge is 0.409 e. The molecule has 9 heteroatoms. The monoisotopic (exact) mass is 432 g/mol. The highest BCUT2D eigenvalue weighted by atomic mass is 32.1. The molecule has 8 nitrogen and oxygen atoms in total. The lowest BCUT2D eigenvalue weighted by molar-refractivity contribution is -0.122. The number of benzene rings is 1. The summed E-state index contributed by atoms with van der Waals surface area (Å²) in [4.78, 5) is 41.0. The van der Waals surface area contributed by atoms with Gasteiger partial charge in [0, 0.05) is 32.1 Å². The van der Waals surface area contributed by atoms with E-state index in [9.17, 15) is 14.4 Å². The number of H-pyrrole nitrogens is 1. The van der Waals surface area contributed by atoms with Crippen LogP contribution in [0.15, 0.2) is 29.1 Å². The molecule has 0 atom stereocenters. The number of fused-ring (bicyclic) bond motifs is 1. The lowest BCUT2D eigenvalue weighted by Crippen LogP contribution is -2.46. The quantitative estimate of drug-likeness (QED) is 0.518. The van der Waals surface area contributed by atoms with Crippen molar-refractivity contribution in [2.75, 3.05) is 20.2 Å². The van der Waals surface area contributed by atoms with Crippen LogP contribution in [0.2, 0.25) is 0 Å². The number of hydrogen-bond donors (Lipinski definition) is 2. The fourth-order valence-corrected chi connectivity index (χ4v) is 4.05. The zero-order valence-electron chi connectivity index (χ0n) is 17.2. The molecular weight excluding hydrogens is 404 g/mol. The fourth-order valence-electron chi connectivity index (χ4n) is 3.77. The number of piperidine rings is 1. The van der Waals surface area contributed by atoms with E-state index in [1.165, 1.54) is 7.11 Å². The maximum atomic E-state index is 12.6. The molecule has 162 valence electrons. The molecule has 1 aliphatic heterocycles. The molecule has 2 aromatic rings. The van der Waals surface area contributed by atoms with Crippen molar-refractivity contribution in [2.45, 2.75) is 51.1 Å². The molecular formula is C21H28N4O4S. The van der Waals surface area contributed by atoms with Gasteiger partial charge >= 0.3 is 6.09 Å². The van der Waals surface area contributed by atoms with E-state index in [-0.39, 0.29) is 23.6 Å². The first kappa shape index (κ1) is 22.0. The number of nitrogens with one attached hydrogen (secondary N) is 2. The van der Waals surface area contributed by atoms with E-state index in [0.29, 0.717) is 36.2 Å². The Kier molecular flexibility index (Phi) is 7.62. The van der Waals surface area contributed by atoms with Gasteiger partial charge in [-0.1, -0.05) is 18.6 Å². The Morgan fingerprint density at radius 3 is 2.67 bits per heavy atom. The summed E-state index contributed by atoms with van der Waals surface area (Å²) >= 11 is 5.32. The number of nitrogens with zero attached hydrogens (tertiary/aromatic N) is 2. The number of carbonyl (C=O) groups is 2. The molecule has 1 aliphatic rings. The number of rotatable bonds is 7. The van der Waals surface area contributed by atoms with Crippen molar-refractivity contribution in [3.05, 3.63) is 39.4 Å². The van der Waals surface area contributed by atoms with Crippen molar-refractivity contribution >= 4 is 35.1 Å². The van der Waals surface area contributed by atoms with E-state index in [1.807, 2.05) is 18.2 Å². The van der Waals surface area contributed by atoms with E-state index in [1.54, 1.807) is 15.5 Å². The van der Waals surface area contributed by atoms with Gasteiger partial charge in [-0.2, -0.15) is 0 Å². The van der Waals surface area contributed by atoms with Crippen molar-refractivity contribution in [1.82, 2.24) is 19.8 Å². The predicted octanol–water partition coefficient (Wildman–Crippen LogP) is 2.97. The van der Waals surface area contributed by atoms with Crippen LogP contribution in [-0.4, -0.2) is 52.7 Å². The second-order valence-corrected chi connectivity index (χ2v) is 7.93. The van der Waals surface area contributed by atoms with E-state index in [0.717, 1.165) is 37.6 Å². The molecule has 1 aromatic carbocycles. The summed E-state index contributed by atoms with van der Waals surface area (Å²) in [5.41, 5.74) is 0.670. The maximum Gasteiger partial charge on any atom is 0.409 e. The molecule has 2 amide bonds. The number of amides is 2. The second kappa shape index (κ2) is 10.4. The molecule has 1 fully saturated rings. The molecule has 2 N–H and O–H groups in total. The van der Waals surface area contributed by atoms with E-state index in [2.05, 4.69) is 10.3 Å². The Balaban J connectivity index is 1.38. The highest BCUT2D eigenvalue weighted by Gasteiger charge is 2.23. The third-order valence-electron chi connectivity index (χ3n) is 5.47. The van der Waals surface area contributed by atoms with Gasteiger partial charge in [0.2, 0.25) is 5.91 Å². The van der Waals surface area contributed by atoms with Crippen LogP contribution in [0, 0.1) is 4.77 Å². The van der Waals surface area contributed by atoms with Crippen molar-refractivity contribution in [3.63, 3.8) is 0 Å². The Bertz CT molecular complexity index is 1010. The number of aromatic nitrogens is 2. The summed E-state index contributed by atoms with van der Waals surface area (Å²) in [5, 5.41) is 3.68. The highest BCUT2D eigenvalue weighted by molar-refractivity contribution is 7.71. The average Bonchev–Trinajstić information content (AvgIpc) is 2.75. The number of likely N-dealkylation sites (tertiary alicyclic amines) is 1. The Labute approximate surface area is 180 Å². The van der Waals surface area contributed by atoms with Crippen LogP contribution in [0.25, 0.3) is 10.9 Å². The van der Waals surface area contributed by atoms with Gasteiger partial charge in [0.05, 0.1) is 18.0 Å². The van der Waals surface area contributed by atoms with Gasteiger partial charge < -0.3 is 19.9 Å². The number of hydrogen-bond acceptors (Lipinski definition) is 5. The molecule has 0 bridgehead atoms. The number of unbranched alkanes of at least 4 members (excludes halogenated alkanes) is 2. The van der Waals surface area contributed by atoms with Crippen LogP contribution in [0.5, 0.6) is 0 Å². The molecule has 0 saturated carbocycles. The number of aromatic amines is 1. The van der Waals surface area contributed by atoms with Gasteiger partial charge in [0.25, 0.3) is 5.56 Å². The summed E-state index contributed by atoms with van der Waals surface area (Å²) in [5.74, 6) is 0.0340. The molecule has 1 aromatic heterocycles. The molecule has 0 aliphatic carbocycles. The van der Waals surface area contributed by atoms with E-state index >= 15 is 0 Å². The zero-order valence-corrected chi connectivity index (χ0v) is 18.0. The summed E-state index contributed by atoms with van der Waals surface area (Å²) in [6, 6.07) is 7.44. The Morgan fingerprint density at radius 2 is 1.93 bits per heavy atom. The molecule has 0 unspecified atom stereocenters. The number of carbonyl (C=O) groups excluding carboxylic acids is 2. The maximum absolute atomic E-state index is 12.6. The summed E-state index contributed by atoms with van der Waals surface area (Å²) < 4.78 is 6.74. The van der Waals surface area contributed by atoms with Gasteiger partial charge in [-0.05, 0) is 50.0 Å². The fraction of sp³-hybridized carbons (Fsp3) is 0.524. The lowest BCUT2D eigenvalue weighted by Gasteiger charge is -2.31. The predicted molar refractivity (Wildman–Crippen MR) is 117 cm³/mol. The van der Waals surface area contributed by atoms with Crippen molar-refractivity contribution in [2.24, 2.45) is 0 Å². The van der Waals surface area contributed by atoms with E-state index in [4.69, 9.17) is 17.0 Å². The first-order chi connectivity index (χ1) is 14.5. The number of para-hydroxylation sites is 1. The molecule has 1 saturated heterocycles. The molecule has 30 heavy (non-hydrogen) atoms. The summed E-state index contributed by atoms with van der Waals surface area (Å²) in [6.45, 7) is 1.73. The SMILES string of the molecule is COC(=O)N1CCC(NC(=O)CCCCCn2c(=S)[nH]c3ccccc3c2=O)CC1. The van der Waals surface area contributed by atoms with Crippen LogP contribution in [-0.2, 0) is 16.1 Å². The van der Waals surface area contributed by atoms with Crippen LogP contribution in [0.3, 0.4) is 0 Å². The van der Waals surface area contributed by atoms with Gasteiger partial charge in [0.15, 0.2) is 4.77 Å². The number of ether oxygens (including phenoxy) is 1. The Morgan fingerprint density at radius 1 is 1.20 bits per heavy atom. The molecule has 0 spiro atoms. The van der Waals surface area contributed by atoms with Gasteiger partial charge in [-0.15, -0.1) is 0 Å². The highest BCUT2D eigenvalue weighted by Crippen LogP contribution is 2.12. The minimum Gasteiger partial charge on any atom is -0.453 e. The topological polar surface area (TPSA) is 96.4 Å². The Hall–Kier alpha value is -2.68. The second-order valence-electron chi connectivity index (χ2n) is 7.54.